The third-order valence-electron chi connectivity index (χ3n) is 3.42. The zero-order chi connectivity index (χ0) is 12.3. The van der Waals surface area contributed by atoms with E-state index in [2.05, 4.69) is 5.32 Å². The average molecular weight is 241 g/mol. The Kier molecular flexibility index (Phi) is 3.83. The van der Waals surface area contributed by atoms with Crippen LogP contribution in [0.5, 0.6) is 0 Å². The molecule has 96 valence electrons. The van der Waals surface area contributed by atoms with Crippen molar-refractivity contribution in [2.24, 2.45) is 0 Å². The first kappa shape index (κ1) is 12.2. The van der Waals surface area contributed by atoms with E-state index in [4.69, 9.17) is 5.11 Å². The minimum absolute atomic E-state index is 0.112. The molecule has 6 heteroatoms. The second-order valence-corrected chi connectivity index (χ2v) is 4.56. The predicted octanol–water partition coefficient (Wildman–Crippen LogP) is -0.0493. The molecule has 0 aliphatic carbocycles. The summed E-state index contributed by atoms with van der Waals surface area (Å²) in [5.74, 6) is -0.881. The quantitative estimate of drug-likeness (QED) is 0.675. The molecule has 0 aromatic carbocycles. The molecular weight excluding hydrogens is 222 g/mol. The van der Waals surface area contributed by atoms with E-state index in [-0.39, 0.29) is 6.03 Å². The van der Waals surface area contributed by atoms with Crippen molar-refractivity contribution in [3.8, 4) is 0 Å². The van der Waals surface area contributed by atoms with E-state index in [0.717, 1.165) is 25.9 Å². The van der Waals surface area contributed by atoms with Gasteiger partial charge in [0, 0.05) is 32.7 Å². The van der Waals surface area contributed by atoms with Gasteiger partial charge in [-0.25, -0.2) is 9.59 Å². The fourth-order valence-electron chi connectivity index (χ4n) is 2.46. The van der Waals surface area contributed by atoms with Gasteiger partial charge in [0.15, 0.2) is 0 Å². The van der Waals surface area contributed by atoms with Crippen molar-refractivity contribution in [2.45, 2.75) is 25.3 Å². The highest BCUT2D eigenvalue weighted by atomic mass is 16.4. The van der Waals surface area contributed by atoms with Gasteiger partial charge in [-0.15, -0.1) is 0 Å². The number of piperazine rings is 1. The van der Waals surface area contributed by atoms with Crippen LogP contribution in [0.3, 0.4) is 0 Å². The molecule has 2 heterocycles. The van der Waals surface area contributed by atoms with Crippen molar-refractivity contribution in [1.29, 1.82) is 0 Å². The van der Waals surface area contributed by atoms with Gasteiger partial charge in [-0.3, -0.25) is 0 Å². The molecule has 0 saturated carbocycles. The lowest BCUT2D eigenvalue weighted by Crippen LogP contribution is -2.56. The number of rotatable bonds is 1. The Morgan fingerprint density at radius 1 is 1.12 bits per heavy atom. The molecule has 2 aliphatic heterocycles. The van der Waals surface area contributed by atoms with Crippen LogP contribution < -0.4 is 5.32 Å². The maximum absolute atomic E-state index is 12.2. The van der Waals surface area contributed by atoms with Crippen LogP contribution in [0.1, 0.15) is 19.3 Å². The SMILES string of the molecule is O=C(O)C1CCCCN1C(=O)N1CCNCC1. The van der Waals surface area contributed by atoms with Crippen molar-refractivity contribution < 1.29 is 14.7 Å². The highest BCUT2D eigenvalue weighted by Crippen LogP contribution is 2.19. The van der Waals surface area contributed by atoms with Crippen LogP contribution in [0.2, 0.25) is 0 Å². The molecule has 2 rings (SSSR count). The van der Waals surface area contributed by atoms with E-state index >= 15 is 0 Å². The van der Waals surface area contributed by atoms with Gasteiger partial charge in [0.25, 0.3) is 0 Å². The molecule has 0 aromatic heterocycles. The molecule has 2 amide bonds. The lowest BCUT2D eigenvalue weighted by atomic mass is 10.0. The minimum atomic E-state index is -0.881. The Hall–Kier alpha value is -1.30. The molecule has 2 fully saturated rings. The molecule has 2 N–H and O–H groups in total. The van der Waals surface area contributed by atoms with Crippen molar-refractivity contribution in [3.63, 3.8) is 0 Å². The lowest BCUT2D eigenvalue weighted by molar-refractivity contribution is -0.143. The fourth-order valence-corrected chi connectivity index (χ4v) is 2.46. The molecule has 6 nitrogen and oxygen atoms in total. The normalized spacial score (nSPS) is 25.8. The van der Waals surface area contributed by atoms with Gasteiger partial charge in [0.05, 0.1) is 0 Å². The summed E-state index contributed by atoms with van der Waals surface area (Å²) in [7, 11) is 0. The molecule has 17 heavy (non-hydrogen) atoms. The predicted molar refractivity (Wildman–Crippen MR) is 61.8 cm³/mol. The molecule has 2 saturated heterocycles. The van der Waals surface area contributed by atoms with Gasteiger partial charge < -0.3 is 20.2 Å². The van der Waals surface area contributed by atoms with Crippen LogP contribution in [-0.4, -0.2) is 65.7 Å². The van der Waals surface area contributed by atoms with Crippen molar-refractivity contribution in [2.75, 3.05) is 32.7 Å². The molecule has 0 radical (unpaired) electrons. The van der Waals surface area contributed by atoms with Crippen LogP contribution in [0.4, 0.5) is 4.79 Å². The topological polar surface area (TPSA) is 72.9 Å². The smallest absolute Gasteiger partial charge is 0.326 e. The second kappa shape index (κ2) is 5.35. The summed E-state index contributed by atoms with van der Waals surface area (Å²) < 4.78 is 0. The number of hydrogen-bond acceptors (Lipinski definition) is 3. The number of carbonyl (C=O) groups is 2. The Balaban J connectivity index is 2.02. The number of hydrogen-bond donors (Lipinski definition) is 2. The third kappa shape index (κ3) is 2.69. The van der Waals surface area contributed by atoms with E-state index in [1.807, 2.05) is 0 Å². The minimum Gasteiger partial charge on any atom is -0.480 e. The van der Waals surface area contributed by atoms with Crippen molar-refractivity contribution in [1.82, 2.24) is 15.1 Å². The van der Waals surface area contributed by atoms with Crippen LogP contribution in [-0.2, 0) is 4.79 Å². The molecule has 0 aromatic rings. The largest absolute Gasteiger partial charge is 0.480 e. The number of nitrogens with one attached hydrogen (secondary N) is 1. The first-order chi connectivity index (χ1) is 8.20. The number of amides is 2. The molecule has 1 unspecified atom stereocenters. The van der Waals surface area contributed by atoms with E-state index in [9.17, 15) is 9.59 Å². The summed E-state index contributed by atoms with van der Waals surface area (Å²) in [4.78, 5) is 26.6. The standard InChI is InChI=1S/C11H19N3O3/c15-10(16)9-3-1-2-6-14(9)11(17)13-7-4-12-5-8-13/h9,12H,1-8H2,(H,15,16). The molecule has 2 aliphatic rings. The zero-order valence-electron chi connectivity index (χ0n) is 9.89. The molecule has 0 bridgehead atoms. The van der Waals surface area contributed by atoms with Crippen molar-refractivity contribution in [3.05, 3.63) is 0 Å². The van der Waals surface area contributed by atoms with Gasteiger partial charge in [-0.2, -0.15) is 0 Å². The summed E-state index contributed by atoms with van der Waals surface area (Å²) in [5.41, 5.74) is 0. The molecular formula is C11H19N3O3. The van der Waals surface area contributed by atoms with Crippen LogP contribution in [0.15, 0.2) is 0 Å². The number of likely N-dealkylation sites (tertiary alicyclic amines) is 1. The zero-order valence-corrected chi connectivity index (χ0v) is 9.89. The van der Waals surface area contributed by atoms with Gasteiger partial charge in [-0.1, -0.05) is 0 Å². The van der Waals surface area contributed by atoms with E-state index < -0.39 is 12.0 Å². The first-order valence-electron chi connectivity index (χ1n) is 6.19. The highest BCUT2D eigenvalue weighted by molar-refractivity contribution is 5.83. The van der Waals surface area contributed by atoms with E-state index in [0.29, 0.717) is 26.1 Å². The van der Waals surface area contributed by atoms with E-state index in [1.165, 1.54) is 4.90 Å². The van der Waals surface area contributed by atoms with E-state index in [1.54, 1.807) is 4.90 Å². The third-order valence-corrected chi connectivity index (χ3v) is 3.42. The fraction of sp³-hybridized carbons (Fsp3) is 0.818. The summed E-state index contributed by atoms with van der Waals surface area (Å²) in [6.07, 6.45) is 2.37. The van der Waals surface area contributed by atoms with Crippen LogP contribution in [0.25, 0.3) is 0 Å². The molecule has 1 atom stereocenters. The number of carboxylic acid groups (broad SMARTS) is 1. The number of urea groups is 1. The Morgan fingerprint density at radius 3 is 2.47 bits per heavy atom. The maximum Gasteiger partial charge on any atom is 0.326 e. The summed E-state index contributed by atoms with van der Waals surface area (Å²) in [6, 6.07) is -0.746. The number of piperidine rings is 1. The first-order valence-corrected chi connectivity index (χ1v) is 6.19. The van der Waals surface area contributed by atoms with Crippen LogP contribution in [0, 0.1) is 0 Å². The Morgan fingerprint density at radius 2 is 1.82 bits per heavy atom. The maximum atomic E-state index is 12.2. The Labute approximate surface area is 101 Å². The van der Waals surface area contributed by atoms with Gasteiger partial charge in [0.2, 0.25) is 0 Å². The van der Waals surface area contributed by atoms with Crippen molar-refractivity contribution >= 4 is 12.0 Å². The number of nitrogens with zero attached hydrogens (tertiary/aromatic N) is 2. The average Bonchev–Trinajstić information content (AvgIpc) is 2.39. The van der Waals surface area contributed by atoms with Gasteiger partial charge in [-0.05, 0) is 19.3 Å². The summed E-state index contributed by atoms with van der Waals surface area (Å²) in [5, 5.41) is 12.3. The monoisotopic (exact) mass is 241 g/mol. The number of aliphatic carboxylic acids is 1. The van der Waals surface area contributed by atoms with Gasteiger partial charge >= 0.3 is 12.0 Å². The summed E-state index contributed by atoms with van der Waals surface area (Å²) >= 11 is 0. The number of carbonyl (C=O) groups excluding carboxylic acids is 1. The summed E-state index contributed by atoms with van der Waals surface area (Å²) in [6.45, 7) is 3.48. The molecule has 0 spiro atoms. The highest BCUT2D eigenvalue weighted by Gasteiger charge is 2.34. The van der Waals surface area contributed by atoms with Gasteiger partial charge in [0.1, 0.15) is 6.04 Å². The number of carboxylic acids is 1. The Bertz CT molecular complexity index is 302. The lowest BCUT2D eigenvalue weighted by Gasteiger charge is -2.38. The van der Waals surface area contributed by atoms with Crippen LogP contribution >= 0.6 is 0 Å². The second-order valence-electron chi connectivity index (χ2n) is 4.56.